The molecule has 0 amide bonds. The van der Waals surface area contributed by atoms with Crippen LogP contribution in [0.15, 0.2) is 28.7 Å². The van der Waals surface area contributed by atoms with Gasteiger partial charge in [0.15, 0.2) is 0 Å². The first kappa shape index (κ1) is 14.2. The van der Waals surface area contributed by atoms with Crippen molar-refractivity contribution in [2.45, 2.75) is 33.7 Å². The van der Waals surface area contributed by atoms with Gasteiger partial charge in [0.25, 0.3) is 0 Å². The van der Waals surface area contributed by atoms with Crippen molar-refractivity contribution in [1.82, 2.24) is 5.32 Å². The van der Waals surface area contributed by atoms with E-state index in [1.54, 1.807) is 0 Å². The lowest BCUT2D eigenvalue weighted by molar-refractivity contribution is 0.493. The van der Waals surface area contributed by atoms with E-state index in [0.717, 1.165) is 52.7 Å². The topological polar surface area (TPSA) is 25.2 Å². The highest BCUT2D eigenvalue weighted by Gasteiger charge is 2.09. The van der Waals surface area contributed by atoms with E-state index in [1.165, 1.54) is 0 Å². The smallest absolute Gasteiger partial charge is 0.134 e. The van der Waals surface area contributed by atoms with Gasteiger partial charge in [-0.1, -0.05) is 18.5 Å². The minimum Gasteiger partial charge on any atom is -0.460 e. The molecule has 2 nitrogen and oxygen atoms in total. The summed E-state index contributed by atoms with van der Waals surface area (Å²) in [4.78, 5) is 0. The van der Waals surface area contributed by atoms with Crippen LogP contribution in [0.25, 0.3) is 11.3 Å². The third kappa shape index (κ3) is 3.40. The van der Waals surface area contributed by atoms with Crippen molar-refractivity contribution in [3.05, 3.63) is 46.2 Å². The van der Waals surface area contributed by atoms with Gasteiger partial charge in [-0.2, -0.15) is 0 Å². The van der Waals surface area contributed by atoms with E-state index in [4.69, 9.17) is 16.0 Å². The van der Waals surface area contributed by atoms with Gasteiger partial charge in [-0.05, 0) is 62.2 Å². The Balaban J connectivity index is 2.20. The van der Waals surface area contributed by atoms with Crippen molar-refractivity contribution in [2.75, 3.05) is 6.54 Å². The van der Waals surface area contributed by atoms with E-state index in [-0.39, 0.29) is 0 Å². The fourth-order valence-corrected chi connectivity index (χ4v) is 2.27. The summed E-state index contributed by atoms with van der Waals surface area (Å²) in [5.74, 6) is 1.88. The van der Waals surface area contributed by atoms with Crippen molar-refractivity contribution in [1.29, 1.82) is 0 Å². The first-order valence-electron chi connectivity index (χ1n) is 6.68. The molecule has 1 aromatic heterocycles. The van der Waals surface area contributed by atoms with Gasteiger partial charge < -0.3 is 9.73 Å². The Kier molecular flexibility index (Phi) is 4.67. The zero-order chi connectivity index (χ0) is 13.8. The van der Waals surface area contributed by atoms with Crippen LogP contribution >= 0.6 is 11.6 Å². The van der Waals surface area contributed by atoms with Crippen LogP contribution in [0, 0.1) is 13.8 Å². The molecule has 0 spiro atoms. The lowest BCUT2D eigenvalue weighted by Crippen LogP contribution is -2.12. The summed E-state index contributed by atoms with van der Waals surface area (Å²) in [6.45, 7) is 8.01. The molecule has 0 saturated carbocycles. The Hall–Kier alpha value is -1.25. The molecule has 19 heavy (non-hydrogen) atoms. The molecule has 0 unspecified atom stereocenters. The first-order chi connectivity index (χ1) is 9.11. The van der Waals surface area contributed by atoms with E-state index < -0.39 is 0 Å². The average Bonchev–Trinajstić information content (AvgIpc) is 2.83. The SMILES string of the molecule is CCCNCc1ccc(-c2cc(C)c(Cl)cc2C)o1. The minimum absolute atomic E-state index is 0.777. The van der Waals surface area contributed by atoms with Crippen LogP contribution in [0.2, 0.25) is 5.02 Å². The second kappa shape index (κ2) is 6.27. The molecule has 0 aliphatic rings. The maximum absolute atomic E-state index is 6.12. The van der Waals surface area contributed by atoms with Crippen LogP contribution in [-0.2, 0) is 6.54 Å². The summed E-state index contributed by atoms with van der Waals surface area (Å²) < 4.78 is 5.89. The molecule has 0 radical (unpaired) electrons. The molecular weight excluding hydrogens is 258 g/mol. The fraction of sp³-hybridized carbons (Fsp3) is 0.375. The maximum Gasteiger partial charge on any atom is 0.134 e. The molecule has 1 heterocycles. The zero-order valence-corrected chi connectivity index (χ0v) is 12.5. The molecule has 0 bridgehead atoms. The Morgan fingerprint density at radius 3 is 2.68 bits per heavy atom. The summed E-state index contributed by atoms with van der Waals surface area (Å²) in [6, 6.07) is 8.13. The molecule has 1 aromatic carbocycles. The van der Waals surface area contributed by atoms with E-state index in [0.29, 0.717) is 0 Å². The second-order valence-corrected chi connectivity index (χ2v) is 5.27. The highest BCUT2D eigenvalue weighted by Crippen LogP contribution is 2.30. The van der Waals surface area contributed by atoms with E-state index >= 15 is 0 Å². The monoisotopic (exact) mass is 277 g/mol. The van der Waals surface area contributed by atoms with Crippen LogP contribution in [0.5, 0.6) is 0 Å². The highest BCUT2D eigenvalue weighted by atomic mass is 35.5. The molecule has 1 N–H and O–H groups in total. The van der Waals surface area contributed by atoms with Crippen molar-refractivity contribution in [3.63, 3.8) is 0 Å². The average molecular weight is 278 g/mol. The predicted molar refractivity (Wildman–Crippen MR) is 80.6 cm³/mol. The van der Waals surface area contributed by atoms with Crippen LogP contribution < -0.4 is 5.32 Å². The van der Waals surface area contributed by atoms with Gasteiger partial charge in [-0.25, -0.2) is 0 Å². The van der Waals surface area contributed by atoms with Gasteiger partial charge in [0.2, 0.25) is 0 Å². The van der Waals surface area contributed by atoms with Crippen molar-refractivity contribution < 1.29 is 4.42 Å². The quantitative estimate of drug-likeness (QED) is 0.800. The molecule has 0 fully saturated rings. The van der Waals surface area contributed by atoms with Crippen molar-refractivity contribution >= 4 is 11.6 Å². The third-order valence-corrected chi connectivity index (χ3v) is 3.57. The number of benzene rings is 1. The third-order valence-electron chi connectivity index (χ3n) is 3.16. The van der Waals surface area contributed by atoms with Crippen LogP contribution in [0.3, 0.4) is 0 Å². The summed E-state index contributed by atoms with van der Waals surface area (Å²) in [6.07, 6.45) is 1.13. The van der Waals surface area contributed by atoms with E-state index in [2.05, 4.69) is 25.2 Å². The molecule has 0 saturated heterocycles. The maximum atomic E-state index is 6.12. The molecular formula is C16H20ClNO. The highest BCUT2D eigenvalue weighted by molar-refractivity contribution is 6.31. The van der Waals surface area contributed by atoms with Gasteiger partial charge in [-0.15, -0.1) is 0 Å². The number of aryl methyl sites for hydroxylation is 2. The lowest BCUT2D eigenvalue weighted by Gasteiger charge is -2.06. The molecule has 0 atom stereocenters. The van der Waals surface area contributed by atoms with Crippen molar-refractivity contribution in [3.8, 4) is 11.3 Å². The summed E-state index contributed by atoms with van der Waals surface area (Å²) in [7, 11) is 0. The van der Waals surface area contributed by atoms with Gasteiger partial charge in [0.1, 0.15) is 11.5 Å². The van der Waals surface area contributed by atoms with E-state index in [9.17, 15) is 0 Å². The number of halogens is 1. The summed E-state index contributed by atoms with van der Waals surface area (Å²) in [5.41, 5.74) is 3.32. The number of rotatable bonds is 5. The van der Waals surface area contributed by atoms with Gasteiger partial charge in [0, 0.05) is 10.6 Å². The Morgan fingerprint density at radius 2 is 1.95 bits per heavy atom. The van der Waals surface area contributed by atoms with Crippen LogP contribution in [0.1, 0.15) is 30.2 Å². The number of hydrogen-bond donors (Lipinski definition) is 1. The Bertz CT molecular complexity index is 560. The predicted octanol–water partition coefficient (Wildman–Crippen LogP) is 4.72. The summed E-state index contributed by atoms with van der Waals surface area (Å²) >= 11 is 6.12. The Morgan fingerprint density at radius 1 is 1.16 bits per heavy atom. The van der Waals surface area contributed by atoms with Gasteiger partial charge >= 0.3 is 0 Å². The first-order valence-corrected chi connectivity index (χ1v) is 7.06. The number of hydrogen-bond acceptors (Lipinski definition) is 2. The van der Waals surface area contributed by atoms with Gasteiger partial charge in [0.05, 0.1) is 6.54 Å². The Labute approximate surface area is 119 Å². The van der Waals surface area contributed by atoms with Crippen LogP contribution in [0.4, 0.5) is 0 Å². The normalized spacial score (nSPS) is 10.9. The zero-order valence-electron chi connectivity index (χ0n) is 11.7. The number of furan rings is 1. The van der Waals surface area contributed by atoms with Crippen LogP contribution in [-0.4, -0.2) is 6.54 Å². The van der Waals surface area contributed by atoms with E-state index in [1.807, 2.05) is 25.1 Å². The summed E-state index contributed by atoms with van der Waals surface area (Å²) in [5, 5.41) is 4.14. The standard InChI is InChI=1S/C16H20ClNO/c1-4-7-18-10-13-5-6-16(19-13)14-8-12(3)15(17)9-11(14)2/h5-6,8-9,18H,4,7,10H2,1-3H3. The van der Waals surface area contributed by atoms with Gasteiger partial charge in [-0.3, -0.25) is 0 Å². The largest absolute Gasteiger partial charge is 0.460 e. The molecule has 102 valence electrons. The lowest BCUT2D eigenvalue weighted by atomic mass is 10.0. The van der Waals surface area contributed by atoms with Crippen molar-refractivity contribution in [2.24, 2.45) is 0 Å². The molecule has 2 aromatic rings. The molecule has 0 aliphatic carbocycles. The molecule has 2 rings (SSSR count). The molecule has 3 heteroatoms. The fourth-order valence-electron chi connectivity index (χ4n) is 2.05. The minimum atomic E-state index is 0.777. The second-order valence-electron chi connectivity index (χ2n) is 4.86. The number of nitrogens with one attached hydrogen (secondary N) is 1. The molecule has 0 aliphatic heterocycles.